The number of anilines is 1. The van der Waals surface area contributed by atoms with Crippen LogP contribution in [0.15, 0.2) is 12.1 Å². The summed E-state index contributed by atoms with van der Waals surface area (Å²) in [5.41, 5.74) is 0.540. The molecule has 0 aromatic carbocycles. The maximum atomic E-state index is 10.6. The lowest BCUT2D eigenvalue weighted by molar-refractivity contribution is -0.385. The number of pyridine rings is 1. The molecule has 0 atom stereocenters. The average molecular weight is 221 g/mol. The molecule has 16 heavy (non-hydrogen) atoms. The zero-order chi connectivity index (χ0) is 11.5. The van der Waals surface area contributed by atoms with Crippen LogP contribution in [-0.4, -0.2) is 16.5 Å². The summed E-state index contributed by atoms with van der Waals surface area (Å²) in [6, 6.07) is 3.18. The quantitative estimate of drug-likeness (QED) is 0.626. The van der Waals surface area contributed by atoms with E-state index in [1.165, 1.54) is 25.3 Å². The highest BCUT2D eigenvalue weighted by molar-refractivity contribution is 5.44. The Bertz CT molecular complexity index is 402. The van der Waals surface area contributed by atoms with Gasteiger partial charge in [0.05, 0.1) is 4.92 Å². The lowest BCUT2D eigenvalue weighted by Gasteiger charge is -2.25. The Labute approximate surface area is 94.0 Å². The standard InChI is InChI=1S/C11H15N3O2/c1-8-10(14(15)16)5-6-11(13-8)12-7-9-3-2-4-9/h5-6,9H,2-4,7H2,1H3,(H,12,13). The van der Waals surface area contributed by atoms with Crippen molar-refractivity contribution < 1.29 is 4.92 Å². The van der Waals surface area contributed by atoms with Crippen molar-refractivity contribution in [2.75, 3.05) is 11.9 Å². The van der Waals surface area contributed by atoms with Gasteiger partial charge in [-0.15, -0.1) is 0 Å². The van der Waals surface area contributed by atoms with Crippen LogP contribution in [0.2, 0.25) is 0 Å². The molecule has 0 saturated heterocycles. The first-order valence-corrected chi connectivity index (χ1v) is 5.52. The van der Waals surface area contributed by atoms with Gasteiger partial charge in [-0.3, -0.25) is 10.1 Å². The Hall–Kier alpha value is -1.65. The Balaban J connectivity index is 1.99. The Morgan fingerprint density at radius 3 is 2.81 bits per heavy atom. The van der Waals surface area contributed by atoms with Gasteiger partial charge in [0.2, 0.25) is 0 Å². The molecular formula is C11H15N3O2. The SMILES string of the molecule is Cc1nc(NCC2CCC2)ccc1[N+](=O)[O-]. The minimum Gasteiger partial charge on any atom is -0.370 e. The number of hydrogen-bond donors (Lipinski definition) is 1. The molecule has 1 heterocycles. The van der Waals surface area contributed by atoms with E-state index in [9.17, 15) is 10.1 Å². The Morgan fingerprint density at radius 2 is 2.31 bits per heavy atom. The number of aryl methyl sites for hydroxylation is 1. The van der Waals surface area contributed by atoms with Gasteiger partial charge in [0.15, 0.2) is 0 Å². The predicted octanol–water partition coefficient (Wildman–Crippen LogP) is 2.51. The summed E-state index contributed by atoms with van der Waals surface area (Å²) in [7, 11) is 0. The highest BCUT2D eigenvalue weighted by Crippen LogP contribution is 2.26. The van der Waals surface area contributed by atoms with Crippen molar-refractivity contribution in [3.63, 3.8) is 0 Å². The zero-order valence-electron chi connectivity index (χ0n) is 9.27. The summed E-state index contributed by atoms with van der Waals surface area (Å²) >= 11 is 0. The topological polar surface area (TPSA) is 68.1 Å². The smallest absolute Gasteiger partial charge is 0.290 e. The minimum absolute atomic E-state index is 0.0780. The van der Waals surface area contributed by atoms with Gasteiger partial charge in [0.1, 0.15) is 11.5 Å². The van der Waals surface area contributed by atoms with Gasteiger partial charge in [0.25, 0.3) is 5.69 Å². The molecular weight excluding hydrogens is 206 g/mol. The molecule has 0 aliphatic heterocycles. The van der Waals surface area contributed by atoms with Crippen LogP contribution >= 0.6 is 0 Å². The van der Waals surface area contributed by atoms with Crippen molar-refractivity contribution in [1.29, 1.82) is 0 Å². The van der Waals surface area contributed by atoms with Gasteiger partial charge in [-0.1, -0.05) is 6.42 Å². The molecule has 1 aromatic rings. The highest BCUT2D eigenvalue weighted by Gasteiger charge is 2.17. The first kappa shape index (κ1) is 10.9. The number of nitro groups is 1. The van der Waals surface area contributed by atoms with Crippen LogP contribution in [-0.2, 0) is 0 Å². The molecule has 1 aromatic heterocycles. The summed E-state index contributed by atoms with van der Waals surface area (Å²) in [5, 5.41) is 13.8. The van der Waals surface area contributed by atoms with Crippen LogP contribution in [0.25, 0.3) is 0 Å². The van der Waals surface area contributed by atoms with E-state index in [0.717, 1.165) is 18.3 Å². The molecule has 5 heteroatoms. The van der Waals surface area contributed by atoms with E-state index in [4.69, 9.17) is 0 Å². The molecule has 0 bridgehead atoms. The van der Waals surface area contributed by atoms with E-state index in [0.29, 0.717) is 5.69 Å². The first-order valence-electron chi connectivity index (χ1n) is 5.52. The van der Waals surface area contributed by atoms with Crippen LogP contribution in [0, 0.1) is 23.0 Å². The largest absolute Gasteiger partial charge is 0.370 e. The second-order valence-electron chi connectivity index (χ2n) is 4.24. The van der Waals surface area contributed by atoms with Crippen LogP contribution in [0.1, 0.15) is 25.0 Å². The normalized spacial score (nSPS) is 15.6. The number of nitrogens with one attached hydrogen (secondary N) is 1. The third-order valence-electron chi connectivity index (χ3n) is 3.05. The van der Waals surface area contributed by atoms with Gasteiger partial charge in [0, 0.05) is 12.6 Å². The molecule has 2 rings (SSSR count). The Kier molecular flexibility index (Phi) is 3.03. The number of nitrogens with zero attached hydrogens (tertiary/aromatic N) is 2. The number of hydrogen-bond acceptors (Lipinski definition) is 4. The minimum atomic E-state index is -0.405. The van der Waals surface area contributed by atoms with Crippen molar-refractivity contribution in [2.45, 2.75) is 26.2 Å². The predicted molar refractivity (Wildman–Crippen MR) is 61.5 cm³/mol. The molecule has 0 unspecified atom stereocenters. The first-order chi connectivity index (χ1) is 7.66. The number of rotatable bonds is 4. The summed E-state index contributed by atoms with van der Waals surface area (Å²) in [4.78, 5) is 14.4. The third kappa shape index (κ3) is 2.29. The summed E-state index contributed by atoms with van der Waals surface area (Å²) in [5.74, 6) is 1.48. The lowest BCUT2D eigenvalue weighted by atomic mass is 9.85. The molecule has 5 nitrogen and oxygen atoms in total. The van der Waals surface area contributed by atoms with Gasteiger partial charge >= 0.3 is 0 Å². The van der Waals surface area contributed by atoms with Crippen LogP contribution < -0.4 is 5.32 Å². The highest BCUT2D eigenvalue weighted by atomic mass is 16.6. The van der Waals surface area contributed by atoms with Crippen LogP contribution in [0.3, 0.4) is 0 Å². The van der Waals surface area contributed by atoms with Crippen molar-refractivity contribution in [3.05, 3.63) is 27.9 Å². The fraction of sp³-hybridized carbons (Fsp3) is 0.545. The maximum Gasteiger partial charge on any atom is 0.290 e. The van der Waals surface area contributed by atoms with Gasteiger partial charge in [-0.25, -0.2) is 4.98 Å². The maximum absolute atomic E-state index is 10.6. The van der Waals surface area contributed by atoms with E-state index in [-0.39, 0.29) is 5.69 Å². The van der Waals surface area contributed by atoms with Crippen molar-refractivity contribution >= 4 is 11.5 Å². The molecule has 1 N–H and O–H groups in total. The van der Waals surface area contributed by atoms with Gasteiger partial charge in [-0.05, 0) is 31.7 Å². The molecule has 1 saturated carbocycles. The number of aromatic nitrogens is 1. The molecule has 0 radical (unpaired) electrons. The van der Waals surface area contributed by atoms with E-state index >= 15 is 0 Å². The lowest BCUT2D eigenvalue weighted by Crippen LogP contribution is -2.21. The summed E-state index contributed by atoms with van der Waals surface area (Å²) < 4.78 is 0. The summed E-state index contributed by atoms with van der Waals surface area (Å²) in [6.45, 7) is 2.58. The molecule has 0 spiro atoms. The zero-order valence-corrected chi connectivity index (χ0v) is 9.27. The monoisotopic (exact) mass is 221 g/mol. The van der Waals surface area contributed by atoms with E-state index in [1.807, 2.05) is 0 Å². The molecule has 1 aliphatic rings. The van der Waals surface area contributed by atoms with Gasteiger partial charge in [-0.2, -0.15) is 0 Å². The molecule has 1 aliphatic carbocycles. The second kappa shape index (κ2) is 4.47. The fourth-order valence-corrected chi connectivity index (χ4v) is 1.79. The molecule has 1 fully saturated rings. The van der Waals surface area contributed by atoms with Gasteiger partial charge < -0.3 is 5.32 Å². The van der Waals surface area contributed by atoms with Crippen molar-refractivity contribution in [3.8, 4) is 0 Å². The fourth-order valence-electron chi connectivity index (χ4n) is 1.79. The van der Waals surface area contributed by atoms with E-state index in [1.54, 1.807) is 13.0 Å². The van der Waals surface area contributed by atoms with Crippen molar-refractivity contribution in [1.82, 2.24) is 4.98 Å². The summed E-state index contributed by atoms with van der Waals surface area (Å²) in [6.07, 6.45) is 3.87. The molecule has 0 amide bonds. The Morgan fingerprint density at radius 1 is 1.56 bits per heavy atom. The third-order valence-corrected chi connectivity index (χ3v) is 3.05. The second-order valence-corrected chi connectivity index (χ2v) is 4.24. The van der Waals surface area contributed by atoms with Crippen molar-refractivity contribution in [2.24, 2.45) is 5.92 Å². The van der Waals surface area contributed by atoms with Crippen LogP contribution in [0.4, 0.5) is 11.5 Å². The van der Waals surface area contributed by atoms with E-state index in [2.05, 4.69) is 10.3 Å². The average Bonchev–Trinajstić information content (AvgIpc) is 2.14. The van der Waals surface area contributed by atoms with Crippen LogP contribution in [0.5, 0.6) is 0 Å². The molecule has 86 valence electrons. The van der Waals surface area contributed by atoms with E-state index < -0.39 is 4.92 Å².